The molecule has 0 saturated carbocycles. The fourth-order valence-corrected chi connectivity index (χ4v) is 2.18. The highest BCUT2D eigenvalue weighted by Gasteiger charge is 2.34. The number of benzene rings is 1. The molecule has 1 fully saturated rings. The van der Waals surface area contributed by atoms with E-state index in [2.05, 4.69) is 5.32 Å². The molecule has 1 aliphatic rings. The van der Waals surface area contributed by atoms with Crippen LogP contribution in [0.2, 0.25) is 0 Å². The number of hydrogen-bond acceptors (Lipinski definition) is 4. The number of rotatable bonds is 2. The molecular weight excluding hydrogens is 206 g/mol. The minimum absolute atomic E-state index is 0.0829. The molecule has 2 rings (SSSR count). The third-order valence-electron chi connectivity index (χ3n) is 3.02. The largest absolute Gasteiger partial charge is 0.508 e. The summed E-state index contributed by atoms with van der Waals surface area (Å²) in [6, 6.07) is 7.04. The molecule has 0 unspecified atom stereocenters. The summed E-state index contributed by atoms with van der Waals surface area (Å²) in [4.78, 5) is 11.6. The van der Waals surface area contributed by atoms with Crippen LogP contribution in [0.1, 0.15) is 11.5 Å². The van der Waals surface area contributed by atoms with Crippen molar-refractivity contribution in [3.63, 3.8) is 0 Å². The van der Waals surface area contributed by atoms with E-state index in [0.29, 0.717) is 6.54 Å². The summed E-state index contributed by atoms with van der Waals surface area (Å²) in [5, 5.41) is 12.6. The van der Waals surface area contributed by atoms with E-state index in [1.807, 2.05) is 6.07 Å². The summed E-state index contributed by atoms with van der Waals surface area (Å²) in [6.45, 7) is 1.37. The first kappa shape index (κ1) is 11.0. The smallest absolute Gasteiger partial charge is 0.310 e. The van der Waals surface area contributed by atoms with Gasteiger partial charge in [-0.05, 0) is 17.7 Å². The lowest BCUT2D eigenvalue weighted by Gasteiger charge is -2.16. The Balaban J connectivity index is 2.23. The van der Waals surface area contributed by atoms with Gasteiger partial charge in [0.1, 0.15) is 5.75 Å². The summed E-state index contributed by atoms with van der Waals surface area (Å²) >= 11 is 0. The van der Waals surface area contributed by atoms with Gasteiger partial charge in [-0.3, -0.25) is 4.79 Å². The first-order chi connectivity index (χ1) is 7.72. The van der Waals surface area contributed by atoms with Crippen LogP contribution in [0.5, 0.6) is 5.75 Å². The number of ether oxygens (including phenoxy) is 1. The van der Waals surface area contributed by atoms with Gasteiger partial charge in [0.25, 0.3) is 0 Å². The van der Waals surface area contributed by atoms with Crippen molar-refractivity contribution in [3.05, 3.63) is 29.8 Å². The second-order valence-electron chi connectivity index (χ2n) is 3.99. The van der Waals surface area contributed by atoms with Gasteiger partial charge in [0.15, 0.2) is 0 Å². The minimum atomic E-state index is -0.196. The van der Waals surface area contributed by atoms with Gasteiger partial charge in [0.05, 0.1) is 13.0 Å². The second-order valence-corrected chi connectivity index (χ2v) is 3.99. The highest BCUT2D eigenvalue weighted by molar-refractivity contribution is 5.74. The predicted octanol–water partition coefficient (Wildman–Crippen LogP) is 0.868. The molecule has 16 heavy (non-hydrogen) atoms. The van der Waals surface area contributed by atoms with E-state index in [1.54, 1.807) is 18.2 Å². The average Bonchev–Trinajstić information content (AvgIpc) is 2.77. The number of hydrogen-bond donors (Lipinski definition) is 2. The third kappa shape index (κ3) is 2.02. The molecule has 0 bridgehead atoms. The standard InChI is InChI=1S/C12H15NO3/c1-16-12(15)11-7-13-6-10(11)8-3-2-4-9(14)5-8/h2-5,10-11,13-14H,6-7H2,1H3/t10-,11-/m0/s1. The Bertz CT molecular complexity index is 392. The molecule has 2 atom stereocenters. The van der Waals surface area contributed by atoms with E-state index < -0.39 is 0 Å². The van der Waals surface area contributed by atoms with E-state index in [4.69, 9.17) is 4.74 Å². The van der Waals surface area contributed by atoms with Gasteiger partial charge < -0.3 is 15.2 Å². The highest BCUT2D eigenvalue weighted by Crippen LogP contribution is 2.30. The van der Waals surface area contributed by atoms with Crippen LogP contribution < -0.4 is 5.32 Å². The molecule has 1 aromatic carbocycles. The summed E-state index contributed by atoms with van der Waals surface area (Å²) in [5.74, 6) is -0.0438. The van der Waals surface area contributed by atoms with Crippen LogP contribution >= 0.6 is 0 Å². The monoisotopic (exact) mass is 221 g/mol. The number of aromatic hydroxyl groups is 1. The van der Waals surface area contributed by atoms with E-state index >= 15 is 0 Å². The van der Waals surface area contributed by atoms with Crippen LogP contribution in [0, 0.1) is 5.92 Å². The molecule has 0 aromatic heterocycles. The van der Waals surface area contributed by atoms with Gasteiger partial charge in [-0.2, -0.15) is 0 Å². The minimum Gasteiger partial charge on any atom is -0.508 e. The van der Waals surface area contributed by atoms with Crippen molar-refractivity contribution in [1.82, 2.24) is 5.32 Å². The molecular formula is C12H15NO3. The zero-order valence-electron chi connectivity index (χ0n) is 9.14. The van der Waals surface area contributed by atoms with Gasteiger partial charge in [-0.25, -0.2) is 0 Å². The topological polar surface area (TPSA) is 58.6 Å². The fourth-order valence-electron chi connectivity index (χ4n) is 2.18. The summed E-state index contributed by atoms with van der Waals surface area (Å²) in [7, 11) is 1.40. The second kappa shape index (κ2) is 4.53. The van der Waals surface area contributed by atoms with E-state index in [0.717, 1.165) is 12.1 Å². The van der Waals surface area contributed by atoms with Crippen LogP contribution in [-0.2, 0) is 9.53 Å². The van der Waals surface area contributed by atoms with Crippen LogP contribution in [0.25, 0.3) is 0 Å². The maximum Gasteiger partial charge on any atom is 0.310 e. The first-order valence-electron chi connectivity index (χ1n) is 5.30. The van der Waals surface area contributed by atoms with Crippen molar-refractivity contribution < 1.29 is 14.6 Å². The van der Waals surface area contributed by atoms with Gasteiger partial charge in [0, 0.05) is 19.0 Å². The number of nitrogens with one attached hydrogen (secondary N) is 1. The van der Waals surface area contributed by atoms with E-state index in [9.17, 15) is 9.90 Å². The van der Waals surface area contributed by atoms with Crippen LogP contribution in [0.15, 0.2) is 24.3 Å². The Labute approximate surface area is 94.2 Å². The SMILES string of the molecule is COC(=O)[C@H]1CNC[C@H]1c1cccc(O)c1. The van der Waals surface area contributed by atoms with Crippen molar-refractivity contribution in [2.45, 2.75) is 5.92 Å². The Hall–Kier alpha value is -1.55. The van der Waals surface area contributed by atoms with Crippen LogP contribution in [0.4, 0.5) is 0 Å². The number of carbonyl (C=O) groups excluding carboxylic acids is 1. The van der Waals surface area contributed by atoms with E-state index in [-0.39, 0.29) is 23.6 Å². The lowest BCUT2D eigenvalue weighted by Crippen LogP contribution is -2.22. The maximum absolute atomic E-state index is 11.6. The van der Waals surface area contributed by atoms with E-state index in [1.165, 1.54) is 7.11 Å². The summed E-state index contributed by atoms with van der Waals surface area (Å²) < 4.78 is 4.77. The number of esters is 1. The maximum atomic E-state index is 11.6. The number of carbonyl (C=O) groups is 1. The van der Waals surface area contributed by atoms with Crippen molar-refractivity contribution in [2.75, 3.05) is 20.2 Å². The number of methoxy groups -OCH3 is 1. The first-order valence-corrected chi connectivity index (χ1v) is 5.30. The van der Waals surface area contributed by atoms with Gasteiger partial charge in [-0.15, -0.1) is 0 Å². The molecule has 0 spiro atoms. The van der Waals surface area contributed by atoms with Crippen LogP contribution in [-0.4, -0.2) is 31.3 Å². The van der Waals surface area contributed by atoms with Crippen LogP contribution in [0.3, 0.4) is 0 Å². The van der Waals surface area contributed by atoms with Gasteiger partial charge in [0.2, 0.25) is 0 Å². The summed E-state index contributed by atoms with van der Waals surface area (Å²) in [6.07, 6.45) is 0. The Morgan fingerprint density at radius 1 is 1.50 bits per heavy atom. The van der Waals surface area contributed by atoms with Crippen molar-refractivity contribution in [3.8, 4) is 5.75 Å². The third-order valence-corrected chi connectivity index (χ3v) is 3.02. The Kier molecular flexibility index (Phi) is 3.10. The lowest BCUT2D eigenvalue weighted by molar-refractivity contribution is -0.145. The highest BCUT2D eigenvalue weighted by atomic mass is 16.5. The zero-order chi connectivity index (χ0) is 11.5. The summed E-state index contributed by atoms with van der Waals surface area (Å²) in [5.41, 5.74) is 0.973. The van der Waals surface area contributed by atoms with Crippen molar-refractivity contribution in [2.24, 2.45) is 5.92 Å². The normalized spacial score (nSPS) is 24.3. The number of phenolic OH excluding ortho intramolecular Hbond substituents is 1. The molecule has 4 nitrogen and oxygen atoms in total. The van der Waals surface area contributed by atoms with Crippen molar-refractivity contribution >= 4 is 5.97 Å². The molecule has 1 aromatic rings. The fraction of sp³-hybridized carbons (Fsp3) is 0.417. The predicted molar refractivity (Wildman–Crippen MR) is 59.2 cm³/mol. The van der Waals surface area contributed by atoms with Gasteiger partial charge >= 0.3 is 5.97 Å². The quantitative estimate of drug-likeness (QED) is 0.727. The molecule has 4 heteroatoms. The average molecular weight is 221 g/mol. The molecule has 2 N–H and O–H groups in total. The molecule has 1 saturated heterocycles. The molecule has 1 aliphatic heterocycles. The Morgan fingerprint density at radius 2 is 2.31 bits per heavy atom. The lowest BCUT2D eigenvalue weighted by atomic mass is 9.89. The molecule has 0 amide bonds. The molecule has 86 valence electrons. The number of phenols is 1. The molecule has 0 aliphatic carbocycles. The van der Waals surface area contributed by atoms with Gasteiger partial charge in [-0.1, -0.05) is 12.1 Å². The molecule has 1 heterocycles. The van der Waals surface area contributed by atoms with Crippen molar-refractivity contribution in [1.29, 1.82) is 0 Å². The Morgan fingerprint density at radius 3 is 3.00 bits per heavy atom. The zero-order valence-corrected chi connectivity index (χ0v) is 9.14. The molecule has 0 radical (unpaired) electrons.